The maximum Gasteiger partial charge on any atom is 0.247 e. The van der Waals surface area contributed by atoms with Crippen LogP contribution in [0.15, 0.2) is 121 Å². The number of nitrogens with one attached hydrogen (secondary N) is 5. The number of thiazole rings is 2. The lowest BCUT2D eigenvalue weighted by atomic mass is 10.1. The van der Waals surface area contributed by atoms with Gasteiger partial charge in [-0.3, -0.25) is 19.8 Å². The Bertz CT molecular complexity index is 4820. The van der Waals surface area contributed by atoms with E-state index in [4.69, 9.17) is 48.6 Å². The number of nitrogens with zero attached hydrogens (tertiary/aromatic N) is 15. The Kier molecular flexibility index (Phi) is 24.8. The van der Waals surface area contributed by atoms with Gasteiger partial charge in [0, 0.05) is 116 Å². The molecule has 3 aliphatic heterocycles. The molecule has 10 aromatic heterocycles. The highest BCUT2D eigenvalue weighted by Gasteiger charge is 2.22. The zero-order valence-electron chi connectivity index (χ0n) is 57.7. The molecule has 31 heteroatoms. The highest BCUT2D eigenvalue weighted by molar-refractivity contribution is 7.16. The van der Waals surface area contributed by atoms with Crippen molar-refractivity contribution in [3.05, 3.63) is 189 Å². The van der Waals surface area contributed by atoms with Crippen LogP contribution in [0.3, 0.4) is 0 Å². The van der Waals surface area contributed by atoms with Crippen molar-refractivity contribution in [3.8, 4) is 17.9 Å². The van der Waals surface area contributed by atoms with Crippen molar-refractivity contribution in [3.63, 3.8) is 0 Å². The summed E-state index contributed by atoms with van der Waals surface area (Å²) in [4.78, 5) is 58.9. The van der Waals surface area contributed by atoms with E-state index < -0.39 is 11.7 Å². The molecule has 14 rings (SSSR count). The number of hydrogen-bond donors (Lipinski definition) is 5. The molecule has 0 radical (unpaired) electrons. The Labute approximate surface area is 606 Å². The Balaban J connectivity index is 0.000000147. The quantitative estimate of drug-likeness (QED) is 0.0191. The molecule has 5 N–H and O–H groups in total. The molecule has 3 saturated heterocycles. The maximum atomic E-state index is 13.8. The summed E-state index contributed by atoms with van der Waals surface area (Å²) in [5.74, 6) is 2.58. The summed E-state index contributed by atoms with van der Waals surface area (Å²) in [7, 11) is 0. The van der Waals surface area contributed by atoms with Crippen molar-refractivity contribution in [2.45, 2.75) is 79.1 Å². The molecular formula is C73H77FN20O8S2. The minimum Gasteiger partial charge on any atom is -0.487 e. The van der Waals surface area contributed by atoms with Crippen LogP contribution >= 0.6 is 22.7 Å². The van der Waals surface area contributed by atoms with E-state index in [1.807, 2.05) is 75.4 Å². The first kappa shape index (κ1) is 72.5. The van der Waals surface area contributed by atoms with Gasteiger partial charge in [-0.2, -0.15) is 30.2 Å². The Morgan fingerprint density at radius 1 is 0.654 bits per heavy atom. The van der Waals surface area contributed by atoms with Gasteiger partial charge in [-0.1, -0.05) is 42.1 Å². The second-order valence-corrected chi connectivity index (χ2v) is 26.4. The van der Waals surface area contributed by atoms with E-state index in [0.29, 0.717) is 82.6 Å². The fourth-order valence-electron chi connectivity index (χ4n) is 11.7. The highest BCUT2D eigenvalue weighted by atomic mass is 32.1. The number of morpholine rings is 3. The van der Waals surface area contributed by atoms with Gasteiger partial charge in [-0.05, 0) is 113 Å². The van der Waals surface area contributed by atoms with E-state index in [9.17, 15) is 14.0 Å². The zero-order chi connectivity index (χ0) is 72.2. The molecule has 0 unspecified atom stereocenters. The Hall–Kier alpha value is -11.3. The summed E-state index contributed by atoms with van der Waals surface area (Å²) in [6, 6.07) is 32.0. The SMILES string of the molecule is C=Cc1n[nH]c2ccc(OCc3cc(N4CCOCC4)cc(Nc4ncc(C#N)s4)n3)cc12.Cc1cc(C)n(C(=O)CCCCCCc2cc(N3CCOCC3)cc(Nc3cc(C)[nH]n3)n2)n1.N#Cc1cnc(Nc2cc(N3CCOCC3)cc(COCc3ccc(C(=O)c4cccnc4F)o3)n2)s1. The largest absolute Gasteiger partial charge is 0.487 e. The normalized spacial score (nSPS) is 13.6. The van der Waals surface area contributed by atoms with Crippen LogP contribution in [0.4, 0.5) is 55.0 Å². The number of benzene rings is 1. The number of fused-ring (bicyclic) bond motifs is 1. The van der Waals surface area contributed by atoms with E-state index >= 15 is 0 Å². The zero-order valence-corrected chi connectivity index (χ0v) is 59.3. The van der Waals surface area contributed by atoms with Crippen LogP contribution in [0, 0.1) is 49.4 Å². The lowest BCUT2D eigenvalue weighted by Gasteiger charge is -2.29. The third-order valence-electron chi connectivity index (χ3n) is 16.7. The van der Waals surface area contributed by atoms with Gasteiger partial charge >= 0.3 is 0 Å². The number of halogens is 1. The van der Waals surface area contributed by atoms with Crippen LogP contribution in [-0.2, 0) is 45.2 Å². The molecule has 0 bridgehead atoms. The third-order valence-corrected chi connectivity index (χ3v) is 18.4. The minimum absolute atomic E-state index is 0.00427. The second kappa shape index (κ2) is 35.5. The third kappa shape index (κ3) is 19.8. The van der Waals surface area contributed by atoms with Crippen molar-refractivity contribution in [2.24, 2.45) is 0 Å². The van der Waals surface area contributed by atoms with E-state index in [1.165, 1.54) is 63.6 Å². The number of aryl methyl sites for hydroxylation is 4. The van der Waals surface area contributed by atoms with E-state index in [1.54, 1.807) is 18.3 Å². The number of H-pyrrole nitrogens is 2. The summed E-state index contributed by atoms with van der Waals surface area (Å²) < 4.78 is 49.3. The molecular weight excluding hydrogens is 1370 g/mol. The van der Waals surface area contributed by atoms with Crippen LogP contribution < -0.4 is 35.4 Å². The highest BCUT2D eigenvalue weighted by Crippen LogP contribution is 2.31. The number of ether oxygens (including phenoxy) is 5. The minimum atomic E-state index is -0.848. The molecule has 0 amide bonds. The van der Waals surface area contributed by atoms with Crippen LogP contribution in [0.25, 0.3) is 17.0 Å². The molecule has 536 valence electrons. The molecule has 1 aromatic carbocycles. The fourth-order valence-corrected chi connectivity index (χ4v) is 12.9. The molecule has 3 fully saturated rings. The molecule has 0 saturated carbocycles. The average molecular weight is 1450 g/mol. The molecule has 3 aliphatic rings. The number of aromatic nitrogens is 12. The first-order valence-electron chi connectivity index (χ1n) is 34.0. The molecule has 104 heavy (non-hydrogen) atoms. The number of anilines is 9. The molecule has 28 nitrogen and oxygen atoms in total. The number of ketones is 1. The Morgan fingerprint density at radius 3 is 1.82 bits per heavy atom. The first-order valence-corrected chi connectivity index (χ1v) is 35.6. The number of carbonyl (C=O) groups excluding carboxylic acids is 2. The molecule has 0 spiro atoms. The summed E-state index contributed by atoms with van der Waals surface area (Å²) in [6.45, 7) is 19.2. The van der Waals surface area contributed by atoms with Gasteiger partial charge in [0.25, 0.3) is 0 Å². The van der Waals surface area contributed by atoms with Gasteiger partial charge in [-0.15, -0.1) is 0 Å². The van der Waals surface area contributed by atoms with Crippen LogP contribution in [0.1, 0.15) is 108 Å². The summed E-state index contributed by atoms with van der Waals surface area (Å²) in [6.07, 6.45) is 11.5. The number of nitriles is 2. The number of hydrogen-bond acceptors (Lipinski definition) is 27. The van der Waals surface area contributed by atoms with Gasteiger partial charge in [0.15, 0.2) is 21.8 Å². The van der Waals surface area contributed by atoms with Crippen molar-refractivity contribution >= 4 is 102 Å². The van der Waals surface area contributed by atoms with Crippen LogP contribution in [0.5, 0.6) is 5.75 Å². The number of furan rings is 1. The van der Waals surface area contributed by atoms with E-state index in [2.05, 4.69) is 107 Å². The standard InChI is InChI=1S/C25H21FN6O4S.C25H35N7O2.C23H21N7O2S/c26-24-20(2-1-5-28-24)23(33)21-4-3-18(36-21)15-35-14-16-10-17(32-6-8-34-9-7-32)11-22(30-16)31-25-29-13-19(12-27)37-25;1-18-15-24(29-28-18)27-23-17-22(31-10-12-34-13-11-31)16-21(26-23)8-6-4-5-7-9-25(33)32-20(3)14-19(2)30-32;1-2-20-19-11-17(3-4-21(19)29-28-20)32-14-15-9-16(30-5-7-31-8-6-30)10-22(26-15)27-23-25-13-18(12-24)33-23/h1-5,10-11,13H,6-9,14-15H2,(H,29,30,31);14-17H,4-13H2,1-3H3,(H2,26,27,28,29);2-4,9-11,13H,1,5-8,14H2,(H,28,29)(H,25,26,27). The van der Waals surface area contributed by atoms with Crippen LogP contribution in [-0.4, -0.2) is 151 Å². The number of unbranched alkanes of at least 4 members (excludes halogenated alkanes) is 3. The number of carbonyl (C=O) groups is 2. The average Bonchev–Trinajstić information content (AvgIpc) is 1.40. The molecule has 0 atom stereocenters. The number of pyridine rings is 4. The predicted octanol–water partition coefficient (Wildman–Crippen LogP) is 12.5. The first-order chi connectivity index (χ1) is 50.8. The van der Waals surface area contributed by atoms with Crippen LogP contribution in [0.2, 0.25) is 0 Å². The van der Waals surface area contributed by atoms with Gasteiger partial charge in [0.1, 0.15) is 64.1 Å². The number of aromatic amines is 2. The second-order valence-electron chi connectivity index (χ2n) is 24.4. The van der Waals surface area contributed by atoms with Gasteiger partial charge in [0.2, 0.25) is 17.6 Å². The summed E-state index contributed by atoms with van der Waals surface area (Å²) in [5, 5.41) is 48.7. The van der Waals surface area contributed by atoms with E-state index in [0.717, 1.165) is 158 Å². The summed E-state index contributed by atoms with van der Waals surface area (Å²) >= 11 is 2.52. The van der Waals surface area contributed by atoms with Gasteiger partial charge < -0.3 is 58.8 Å². The van der Waals surface area contributed by atoms with Gasteiger partial charge in [0.05, 0.1) is 92.5 Å². The maximum absolute atomic E-state index is 13.8. The van der Waals surface area contributed by atoms with Crippen molar-refractivity contribution in [1.29, 1.82) is 10.5 Å². The van der Waals surface area contributed by atoms with Crippen molar-refractivity contribution in [1.82, 2.24) is 60.1 Å². The predicted molar refractivity (Wildman–Crippen MR) is 393 cm³/mol. The fraction of sp³-hybridized carbons (Fsp3) is 0.329. The topological polar surface area (TPSA) is 339 Å². The lowest BCUT2D eigenvalue weighted by molar-refractivity contribution is 0.0870. The summed E-state index contributed by atoms with van der Waals surface area (Å²) in [5.41, 5.74) is 10.0. The molecule has 13 heterocycles. The number of rotatable bonds is 26. The van der Waals surface area contributed by atoms with E-state index in [-0.39, 0.29) is 30.4 Å². The smallest absolute Gasteiger partial charge is 0.247 e. The monoisotopic (exact) mass is 1440 g/mol. The van der Waals surface area contributed by atoms with Crippen molar-refractivity contribution < 1.29 is 42.1 Å². The van der Waals surface area contributed by atoms with Gasteiger partial charge in [-0.25, -0.2) is 34.6 Å². The molecule has 11 aromatic rings. The Morgan fingerprint density at radius 2 is 1.25 bits per heavy atom. The van der Waals surface area contributed by atoms with Crippen molar-refractivity contribution in [2.75, 3.05) is 110 Å². The molecule has 0 aliphatic carbocycles. The lowest BCUT2D eigenvalue weighted by Crippen LogP contribution is -2.36.